The van der Waals surface area contributed by atoms with Crippen LogP contribution in [0.5, 0.6) is 0 Å². The third-order valence-electron chi connectivity index (χ3n) is 3.76. The predicted octanol–water partition coefficient (Wildman–Crippen LogP) is 0.833. The van der Waals surface area contributed by atoms with Crippen molar-refractivity contribution in [3.63, 3.8) is 0 Å². The van der Waals surface area contributed by atoms with Crippen LogP contribution >= 0.6 is 23.8 Å². The fourth-order valence-electron chi connectivity index (χ4n) is 2.40. The van der Waals surface area contributed by atoms with Crippen molar-refractivity contribution in [3.8, 4) is 0 Å². The summed E-state index contributed by atoms with van der Waals surface area (Å²) in [7, 11) is 0. The fourth-order valence-corrected chi connectivity index (χ4v) is 2.74. The van der Waals surface area contributed by atoms with Crippen LogP contribution < -0.4 is 15.6 Å². The highest BCUT2D eigenvalue weighted by atomic mass is 35.5. The molecule has 0 saturated carbocycles. The van der Waals surface area contributed by atoms with Crippen molar-refractivity contribution in [2.24, 2.45) is 5.10 Å². The molecular formula is C16H24ClN4OS+. The lowest BCUT2D eigenvalue weighted by Gasteiger charge is -2.23. The van der Waals surface area contributed by atoms with Crippen molar-refractivity contribution in [3.05, 3.63) is 34.9 Å². The summed E-state index contributed by atoms with van der Waals surface area (Å²) < 4.78 is 5.35. The molecule has 5 nitrogen and oxygen atoms in total. The summed E-state index contributed by atoms with van der Waals surface area (Å²) in [5, 5.41) is 8.71. The van der Waals surface area contributed by atoms with Crippen LogP contribution in [0.1, 0.15) is 18.9 Å². The summed E-state index contributed by atoms with van der Waals surface area (Å²) in [5.74, 6) is 0. The molecule has 2 rings (SSSR count). The lowest BCUT2D eigenvalue weighted by molar-refractivity contribution is -0.908. The van der Waals surface area contributed by atoms with Gasteiger partial charge in [0.05, 0.1) is 25.5 Å². The minimum absolute atomic E-state index is 0.545. The average molecular weight is 356 g/mol. The molecule has 1 aliphatic rings. The van der Waals surface area contributed by atoms with Gasteiger partial charge >= 0.3 is 0 Å². The van der Waals surface area contributed by atoms with E-state index in [0.717, 1.165) is 57.1 Å². The summed E-state index contributed by atoms with van der Waals surface area (Å²) in [6.45, 7) is 7.87. The second-order valence-corrected chi connectivity index (χ2v) is 6.39. The highest BCUT2D eigenvalue weighted by Gasteiger charge is 2.12. The van der Waals surface area contributed by atoms with Gasteiger partial charge in [-0.2, -0.15) is 5.10 Å². The van der Waals surface area contributed by atoms with Gasteiger partial charge in [0.1, 0.15) is 13.1 Å². The summed E-state index contributed by atoms with van der Waals surface area (Å²) in [5.41, 5.74) is 4.69. The van der Waals surface area contributed by atoms with Gasteiger partial charge in [0.15, 0.2) is 5.11 Å². The van der Waals surface area contributed by atoms with E-state index in [4.69, 9.17) is 28.6 Å². The van der Waals surface area contributed by atoms with E-state index in [1.807, 2.05) is 31.2 Å². The molecule has 126 valence electrons. The van der Waals surface area contributed by atoms with Gasteiger partial charge in [-0.05, 0) is 36.8 Å². The molecule has 1 heterocycles. The van der Waals surface area contributed by atoms with Crippen LogP contribution in [0.4, 0.5) is 0 Å². The maximum absolute atomic E-state index is 5.98. The normalized spacial score (nSPS) is 16.2. The third-order valence-corrected chi connectivity index (χ3v) is 4.23. The molecule has 0 unspecified atom stereocenters. The summed E-state index contributed by atoms with van der Waals surface area (Å²) >= 11 is 11.2. The third kappa shape index (κ3) is 6.83. The SMILES string of the molecule is C/C(=N/NC(=S)NCCC[NH+]1CCOCC1)c1cccc(Cl)c1. The zero-order chi connectivity index (χ0) is 16.5. The van der Waals surface area contributed by atoms with E-state index < -0.39 is 0 Å². The number of hydrogen-bond donors (Lipinski definition) is 3. The monoisotopic (exact) mass is 355 g/mol. The van der Waals surface area contributed by atoms with Crippen LogP contribution in [0.3, 0.4) is 0 Å². The topological polar surface area (TPSA) is 50.1 Å². The van der Waals surface area contributed by atoms with Crippen molar-refractivity contribution in [2.75, 3.05) is 39.4 Å². The average Bonchev–Trinajstić information content (AvgIpc) is 2.57. The van der Waals surface area contributed by atoms with Crippen LogP contribution in [0.2, 0.25) is 5.02 Å². The number of halogens is 1. The highest BCUT2D eigenvalue weighted by Crippen LogP contribution is 2.11. The van der Waals surface area contributed by atoms with Gasteiger partial charge in [0, 0.05) is 18.0 Å². The second kappa shape index (κ2) is 9.82. The van der Waals surface area contributed by atoms with E-state index in [1.54, 1.807) is 4.90 Å². The first-order valence-electron chi connectivity index (χ1n) is 7.90. The molecule has 1 saturated heterocycles. The Morgan fingerprint density at radius 2 is 2.17 bits per heavy atom. The predicted molar refractivity (Wildman–Crippen MR) is 98.4 cm³/mol. The van der Waals surface area contributed by atoms with Gasteiger partial charge in [0.25, 0.3) is 0 Å². The molecule has 1 fully saturated rings. The number of quaternary nitrogens is 1. The maximum Gasteiger partial charge on any atom is 0.186 e. The van der Waals surface area contributed by atoms with Gasteiger partial charge in [-0.1, -0.05) is 23.7 Å². The molecule has 0 aliphatic carbocycles. The van der Waals surface area contributed by atoms with E-state index in [-0.39, 0.29) is 0 Å². The maximum atomic E-state index is 5.98. The second-order valence-electron chi connectivity index (χ2n) is 5.54. The summed E-state index contributed by atoms with van der Waals surface area (Å²) in [6.07, 6.45) is 1.08. The number of hydrogen-bond acceptors (Lipinski definition) is 3. The molecular weight excluding hydrogens is 332 g/mol. The van der Waals surface area contributed by atoms with E-state index in [0.29, 0.717) is 10.1 Å². The van der Waals surface area contributed by atoms with Crippen molar-refractivity contribution >= 4 is 34.6 Å². The summed E-state index contributed by atoms with van der Waals surface area (Å²) in [6, 6.07) is 7.59. The number of hydrazone groups is 1. The number of thiocarbonyl (C=S) groups is 1. The first-order chi connectivity index (χ1) is 11.1. The molecule has 0 aromatic heterocycles. The molecule has 3 N–H and O–H groups in total. The first kappa shape index (κ1) is 18.1. The molecule has 0 bridgehead atoms. The van der Waals surface area contributed by atoms with Gasteiger partial charge < -0.3 is 15.0 Å². The minimum Gasteiger partial charge on any atom is -0.370 e. The number of ether oxygens (including phenoxy) is 1. The Morgan fingerprint density at radius 1 is 1.39 bits per heavy atom. The molecule has 1 aromatic rings. The Balaban J connectivity index is 1.65. The van der Waals surface area contributed by atoms with Gasteiger partial charge in [-0.25, -0.2) is 0 Å². The van der Waals surface area contributed by atoms with Crippen molar-refractivity contribution in [1.29, 1.82) is 0 Å². The van der Waals surface area contributed by atoms with Crippen LogP contribution in [0.15, 0.2) is 29.4 Å². The van der Waals surface area contributed by atoms with E-state index in [2.05, 4.69) is 15.8 Å². The Morgan fingerprint density at radius 3 is 2.91 bits per heavy atom. The zero-order valence-electron chi connectivity index (χ0n) is 13.4. The number of benzene rings is 1. The number of nitrogens with zero attached hydrogens (tertiary/aromatic N) is 1. The number of rotatable bonds is 6. The molecule has 7 heteroatoms. The van der Waals surface area contributed by atoms with E-state index in [1.165, 1.54) is 0 Å². The highest BCUT2D eigenvalue weighted by molar-refractivity contribution is 7.80. The van der Waals surface area contributed by atoms with Gasteiger partial charge in [-0.3, -0.25) is 5.43 Å². The quantitative estimate of drug-likeness (QED) is 0.306. The summed E-state index contributed by atoms with van der Waals surface area (Å²) in [4.78, 5) is 1.60. The van der Waals surface area contributed by atoms with Crippen molar-refractivity contribution in [2.45, 2.75) is 13.3 Å². The van der Waals surface area contributed by atoms with Crippen LogP contribution in [-0.4, -0.2) is 50.2 Å². The molecule has 0 atom stereocenters. The number of nitrogens with one attached hydrogen (secondary N) is 3. The fraction of sp³-hybridized carbons (Fsp3) is 0.500. The molecule has 0 spiro atoms. The van der Waals surface area contributed by atoms with Crippen LogP contribution in [-0.2, 0) is 4.74 Å². The van der Waals surface area contributed by atoms with Gasteiger partial charge in [-0.15, -0.1) is 0 Å². The van der Waals surface area contributed by atoms with Crippen molar-refractivity contribution in [1.82, 2.24) is 10.7 Å². The smallest absolute Gasteiger partial charge is 0.186 e. The Hall–Kier alpha value is -1.21. The van der Waals surface area contributed by atoms with Crippen LogP contribution in [0.25, 0.3) is 0 Å². The Kier molecular flexibility index (Phi) is 7.74. The van der Waals surface area contributed by atoms with E-state index in [9.17, 15) is 0 Å². The van der Waals surface area contributed by atoms with Crippen molar-refractivity contribution < 1.29 is 9.64 Å². The lowest BCUT2D eigenvalue weighted by Crippen LogP contribution is -3.14. The van der Waals surface area contributed by atoms with Crippen LogP contribution in [0, 0.1) is 0 Å². The van der Waals surface area contributed by atoms with Gasteiger partial charge in [0.2, 0.25) is 0 Å². The first-order valence-corrected chi connectivity index (χ1v) is 8.69. The standard InChI is InChI=1S/C16H23ClN4OS/c1-13(14-4-2-5-15(17)12-14)19-20-16(23)18-6-3-7-21-8-10-22-11-9-21/h2,4-5,12H,3,6-11H2,1H3,(H2,18,20,23)/p+1/b19-13-. The Bertz CT molecular complexity index is 547. The molecule has 1 aromatic carbocycles. The molecule has 0 amide bonds. The molecule has 23 heavy (non-hydrogen) atoms. The molecule has 0 radical (unpaired) electrons. The van der Waals surface area contributed by atoms with E-state index >= 15 is 0 Å². The molecule has 1 aliphatic heterocycles. The zero-order valence-corrected chi connectivity index (χ0v) is 15.0. The number of morpholine rings is 1. The minimum atomic E-state index is 0.545. The Labute approximate surface area is 148 Å². The lowest BCUT2D eigenvalue weighted by atomic mass is 10.1. The largest absolute Gasteiger partial charge is 0.370 e.